The minimum atomic E-state index is -0.578. The molecule has 2 atom stereocenters. The van der Waals surface area contributed by atoms with Gasteiger partial charge in [-0.05, 0) is 12.0 Å². The number of nitrogens with zero attached hydrogens (tertiary/aromatic N) is 2. The summed E-state index contributed by atoms with van der Waals surface area (Å²) < 4.78 is 4.82. The monoisotopic (exact) mass is 304 g/mol. The molecule has 0 saturated carbocycles. The fourth-order valence-corrected chi connectivity index (χ4v) is 3.08. The van der Waals surface area contributed by atoms with Crippen LogP contribution in [0.5, 0.6) is 0 Å². The molecule has 1 aromatic rings. The van der Waals surface area contributed by atoms with Gasteiger partial charge >= 0.3 is 6.09 Å². The number of β-amino-alcohol motifs (C(OH)–C–C–N with tert-alkyl or cyclic N) is 1. The summed E-state index contributed by atoms with van der Waals surface area (Å²) in [6, 6.07) is 9.87. The topological polar surface area (TPSA) is 70.1 Å². The first-order valence-electron chi connectivity index (χ1n) is 7.57. The van der Waals surface area contributed by atoms with Crippen LogP contribution >= 0.6 is 0 Å². The Morgan fingerprint density at radius 3 is 2.68 bits per heavy atom. The zero-order valence-electron chi connectivity index (χ0n) is 12.4. The van der Waals surface area contributed by atoms with Gasteiger partial charge in [0.05, 0.1) is 12.6 Å². The Bertz CT molecular complexity index is 548. The predicted molar refractivity (Wildman–Crippen MR) is 79.3 cm³/mol. The van der Waals surface area contributed by atoms with Crippen molar-refractivity contribution >= 4 is 12.0 Å². The average Bonchev–Trinajstić information content (AvgIpc) is 2.93. The molecule has 2 aliphatic heterocycles. The highest BCUT2D eigenvalue weighted by molar-refractivity contribution is 5.83. The van der Waals surface area contributed by atoms with Crippen molar-refractivity contribution in [2.45, 2.75) is 18.4 Å². The number of aliphatic hydroxyl groups is 1. The molecule has 6 heteroatoms. The van der Waals surface area contributed by atoms with Crippen LogP contribution in [0, 0.1) is 0 Å². The first-order chi connectivity index (χ1) is 10.6. The molecule has 0 radical (unpaired) electrons. The zero-order chi connectivity index (χ0) is 15.5. The molecule has 0 bridgehead atoms. The number of rotatable bonds is 3. The van der Waals surface area contributed by atoms with Gasteiger partial charge in [-0.3, -0.25) is 9.69 Å². The quantitative estimate of drug-likeness (QED) is 0.897. The van der Waals surface area contributed by atoms with E-state index in [1.165, 1.54) is 4.90 Å². The standard InChI is InChI=1S/C16H20N2O4/c19-14-10-17(15(20)11-18-8-9-22-16(18)21)7-6-13(14)12-4-2-1-3-5-12/h1-5,13-14,19H,6-11H2/t13-,14-/m1/s1. The van der Waals surface area contributed by atoms with Gasteiger partial charge < -0.3 is 14.7 Å². The van der Waals surface area contributed by atoms with E-state index in [1.54, 1.807) is 4.90 Å². The molecular weight excluding hydrogens is 284 g/mol. The molecule has 6 nitrogen and oxygen atoms in total. The Hall–Kier alpha value is -2.08. The van der Waals surface area contributed by atoms with Crippen LogP contribution in [-0.2, 0) is 9.53 Å². The Morgan fingerprint density at radius 1 is 1.27 bits per heavy atom. The van der Waals surface area contributed by atoms with Gasteiger partial charge in [-0.15, -0.1) is 0 Å². The summed E-state index contributed by atoms with van der Waals surface area (Å²) in [6.45, 7) is 1.72. The van der Waals surface area contributed by atoms with Gasteiger partial charge in [0.2, 0.25) is 5.91 Å². The molecule has 2 amide bonds. The summed E-state index contributed by atoms with van der Waals surface area (Å²) in [4.78, 5) is 26.7. The van der Waals surface area contributed by atoms with Gasteiger partial charge in [-0.1, -0.05) is 30.3 Å². The molecule has 2 heterocycles. The number of carbonyl (C=O) groups excluding carboxylic acids is 2. The lowest BCUT2D eigenvalue weighted by molar-refractivity contribution is -0.135. The average molecular weight is 304 g/mol. The summed E-state index contributed by atoms with van der Waals surface area (Å²) in [5.74, 6) is -0.0774. The highest BCUT2D eigenvalue weighted by atomic mass is 16.6. The second kappa shape index (κ2) is 6.36. The summed E-state index contributed by atoms with van der Waals surface area (Å²) in [5.41, 5.74) is 1.10. The van der Waals surface area contributed by atoms with Crippen LogP contribution in [0.15, 0.2) is 30.3 Å². The summed E-state index contributed by atoms with van der Waals surface area (Å²) in [5, 5.41) is 10.4. The Morgan fingerprint density at radius 2 is 2.05 bits per heavy atom. The number of cyclic esters (lactones) is 1. The predicted octanol–water partition coefficient (Wildman–Crippen LogP) is 0.816. The van der Waals surface area contributed by atoms with Gasteiger partial charge in [0.1, 0.15) is 13.2 Å². The van der Waals surface area contributed by atoms with E-state index in [2.05, 4.69) is 0 Å². The molecule has 1 aromatic carbocycles. The summed E-state index contributed by atoms with van der Waals surface area (Å²) in [6.07, 6.45) is -0.292. The number of hydrogen-bond donors (Lipinski definition) is 1. The van der Waals surface area contributed by atoms with Crippen molar-refractivity contribution in [2.24, 2.45) is 0 Å². The van der Waals surface area contributed by atoms with Crippen LogP contribution in [0.3, 0.4) is 0 Å². The Balaban J connectivity index is 1.58. The van der Waals surface area contributed by atoms with E-state index in [4.69, 9.17) is 4.74 Å². The van der Waals surface area contributed by atoms with E-state index in [0.717, 1.165) is 12.0 Å². The fraction of sp³-hybridized carbons (Fsp3) is 0.500. The van der Waals surface area contributed by atoms with E-state index in [9.17, 15) is 14.7 Å². The maximum absolute atomic E-state index is 12.3. The molecule has 118 valence electrons. The summed E-state index contributed by atoms with van der Waals surface area (Å²) >= 11 is 0. The van der Waals surface area contributed by atoms with Crippen molar-refractivity contribution in [3.63, 3.8) is 0 Å². The van der Waals surface area contributed by atoms with E-state index >= 15 is 0 Å². The maximum atomic E-state index is 12.3. The molecule has 0 spiro atoms. The van der Waals surface area contributed by atoms with Crippen molar-refractivity contribution in [3.05, 3.63) is 35.9 Å². The molecule has 2 saturated heterocycles. The number of likely N-dealkylation sites (tertiary alicyclic amines) is 1. The van der Waals surface area contributed by atoms with Gasteiger partial charge in [0.15, 0.2) is 0 Å². The highest BCUT2D eigenvalue weighted by Crippen LogP contribution is 2.28. The van der Waals surface area contributed by atoms with Crippen LogP contribution in [0.2, 0.25) is 0 Å². The number of piperidine rings is 1. The minimum absolute atomic E-state index is 0.0293. The van der Waals surface area contributed by atoms with Crippen LogP contribution in [0.4, 0.5) is 4.79 Å². The van der Waals surface area contributed by atoms with Gasteiger partial charge in [0, 0.05) is 19.0 Å². The normalized spacial score (nSPS) is 25.2. The SMILES string of the molecule is O=C(CN1CCOC1=O)N1CC[C@H](c2ccccc2)[C@H](O)C1. The molecule has 2 aliphatic rings. The minimum Gasteiger partial charge on any atom is -0.448 e. The van der Waals surface area contributed by atoms with E-state index in [0.29, 0.717) is 26.2 Å². The number of carbonyl (C=O) groups is 2. The first-order valence-corrected chi connectivity index (χ1v) is 7.57. The third kappa shape index (κ3) is 3.06. The molecule has 22 heavy (non-hydrogen) atoms. The molecular formula is C16H20N2O4. The van der Waals surface area contributed by atoms with Gasteiger partial charge in [-0.2, -0.15) is 0 Å². The number of hydrogen-bond acceptors (Lipinski definition) is 4. The molecule has 0 aromatic heterocycles. The number of amides is 2. The van der Waals surface area contributed by atoms with Crippen molar-refractivity contribution in [1.82, 2.24) is 9.80 Å². The van der Waals surface area contributed by atoms with Crippen molar-refractivity contribution < 1.29 is 19.4 Å². The third-order valence-electron chi connectivity index (χ3n) is 4.33. The van der Waals surface area contributed by atoms with Crippen LogP contribution < -0.4 is 0 Å². The van der Waals surface area contributed by atoms with Crippen molar-refractivity contribution in [2.75, 3.05) is 32.8 Å². The lowest BCUT2D eigenvalue weighted by Gasteiger charge is -2.36. The van der Waals surface area contributed by atoms with Crippen LogP contribution in [-0.4, -0.2) is 65.8 Å². The van der Waals surface area contributed by atoms with Gasteiger partial charge in [-0.25, -0.2) is 4.79 Å². The Labute approximate surface area is 129 Å². The van der Waals surface area contributed by atoms with Crippen LogP contribution in [0.1, 0.15) is 17.9 Å². The van der Waals surface area contributed by atoms with E-state index in [-0.39, 0.29) is 18.4 Å². The molecule has 0 aliphatic carbocycles. The van der Waals surface area contributed by atoms with Gasteiger partial charge in [0.25, 0.3) is 0 Å². The van der Waals surface area contributed by atoms with Crippen molar-refractivity contribution in [3.8, 4) is 0 Å². The molecule has 2 fully saturated rings. The van der Waals surface area contributed by atoms with Crippen LogP contribution in [0.25, 0.3) is 0 Å². The number of aliphatic hydroxyl groups excluding tert-OH is 1. The summed E-state index contributed by atoms with van der Waals surface area (Å²) in [7, 11) is 0. The largest absolute Gasteiger partial charge is 0.448 e. The molecule has 3 rings (SSSR count). The second-order valence-corrected chi connectivity index (χ2v) is 5.75. The maximum Gasteiger partial charge on any atom is 0.410 e. The lowest BCUT2D eigenvalue weighted by Crippen LogP contribution is -2.49. The van der Waals surface area contributed by atoms with E-state index in [1.807, 2.05) is 30.3 Å². The Kier molecular flexibility index (Phi) is 4.29. The number of benzene rings is 1. The zero-order valence-corrected chi connectivity index (χ0v) is 12.4. The highest BCUT2D eigenvalue weighted by Gasteiger charge is 2.33. The molecule has 0 unspecified atom stereocenters. The van der Waals surface area contributed by atoms with E-state index < -0.39 is 12.2 Å². The number of ether oxygens (including phenoxy) is 1. The second-order valence-electron chi connectivity index (χ2n) is 5.75. The van der Waals surface area contributed by atoms with Crippen molar-refractivity contribution in [1.29, 1.82) is 0 Å². The lowest BCUT2D eigenvalue weighted by atomic mass is 9.87. The fourth-order valence-electron chi connectivity index (χ4n) is 3.08. The molecule has 1 N–H and O–H groups in total. The first kappa shape index (κ1) is 14.8. The third-order valence-corrected chi connectivity index (χ3v) is 4.33. The smallest absolute Gasteiger partial charge is 0.410 e.